The van der Waals surface area contributed by atoms with E-state index >= 15 is 0 Å². The van der Waals surface area contributed by atoms with Crippen molar-refractivity contribution >= 4 is 5.97 Å². The lowest BCUT2D eigenvalue weighted by Crippen LogP contribution is -2.27. The van der Waals surface area contributed by atoms with E-state index in [1.807, 2.05) is 0 Å². The SMILES string of the molecule is CCOC(=O)C(C)Oc1ccc(CO)cc1C(F)(F)F. The van der Waals surface area contributed by atoms with Crippen LogP contribution in [0.5, 0.6) is 5.75 Å². The van der Waals surface area contributed by atoms with Crippen LogP contribution in [-0.2, 0) is 22.3 Å². The van der Waals surface area contributed by atoms with E-state index in [1.54, 1.807) is 6.92 Å². The van der Waals surface area contributed by atoms with Crippen LogP contribution in [0.15, 0.2) is 18.2 Å². The molecular formula is C13H15F3O4. The first kappa shape index (κ1) is 16.3. The smallest absolute Gasteiger partial charge is 0.419 e. The summed E-state index contributed by atoms with van der Waals surface area (Å²) in [5, 5.41) is 8.88. The number of rotatable bonds is 5. The van der Waals surface area contributed by atoms with Crippen molar-refractivity contribution in [2.45, 2.75) is 32.7 Å². The topological polar surface area (TPSA) is 55.8 Å². The third-order valence-electron chi connectivity index (χ3n) is 2.45. The Morgan fingerprint density at radius 2 is 2.05 bits per heavy atom. The number of ether oxygens (including phenoxy) is 2. The van der Waals surface area contributed by atoms with E-state index in [0.29, 0.717) is 0 Å². The van der Waals surface area contributed by atoms with E-state index in [9.17, 15) is 18.0 Å². The number of benzene rings is 1. The monoisotopic (exact) mass is 292 g/mol. The number of hydrogen-bond acceptors (Lipinski definition) is 4. The van der Waals surface area contributed by atoms with E-state index < -0.39 is 36.2 Å². The first-order chi connectivity index (χ1) is 9.29. The van der Waals surface area contributed by atoms with Crippen LogP contribution < -0.4 is 4.74 Å². The van der Waals surface area contributed by atoms with Crippen molar-refractivity contribution in [3.63, 3.8) is 0 Å². The van der Waals surface area contributed by atoms with Crippen LogP contribution in [0.4, 0.5) is 13.2 Å². The molecule has 1 unspecified atom stereocenters. The lowest BCUT2D eigenvalue weighted by molar-refractivity contribution is -0.152. The van der Waals surface area contributed by atoms with Crippen LogP contribution in [0.3, 0.4) is 0 Å². The van der Waals surface area contributed by atoms with Gasteiger partial charge in [0.1, 0.15) is 5.75 Å². The van der Waals surface area contributed by atoms with E-state index in [-0.39, 0.29) is 12.2 Å². The Bertz CT molecular complexity index is 471. The molecule has 0 amide bonds. The molecule has 0 aliphatic heterocycles. The summed E-state index contributed by atoms with van der Waals surface area (Å²) in [5.41, 5.74) is -0.936. The van der Waals surface area contributed by atoms with Crippen molar-refractivity contribution in [2.24, 2.45) is 0 Å². The average molecular weight is 292 g/mol. The molecule has 0 fully saturated rings. The highest BCUT2D eigenvalue weighted by atomic mass is 19.4. The minimum absolute atomic E-state index is 0.105. The second kappa shape index (κ2) is 6.60. The molecule has 1 rings (SSSR count). The minimum atomic E-state index is -4.64. The number of carbonyl (C=O) groups excluding carboxylic acids is 1. The normalized spacial score (nSPS) is 12.9. The van der Waals surface area contributed by atoms with Gasteiger partial charge in [0.2, 0.25) is 0 Å². The molecule has 0 saturated heterocycles. The standard InChI is InChI=1S/C13H15F3O4/c1-3-19-12(18)8(2)20-11-5-4-9(7-17)6-10(11)13(14,15)16/h4-6,8,17H,3,7H2,1-2H3. The predicted octanol–water partition coefficient (Wildman–Crippen LogP) is 2.53. The average Bonchev–Trinajstić information content (AvgIpc) is 2.38. The number of aliphatic hydroxyl groups excluding tert-OH is 1. The number of halogens is 3. The van der Waals surface area contributed by atoms with Crippen molar-refractivity contribution in [1.29, 1.82) is 0 Å². The summed E-state index contributed by atoms with van der Waals surface area (Å²) in [6.45, 7) is 2.48. The van der Waals surface area contributed by atoms with Gasteiger partial charge in [0, 0.05) is 0 Å². The molecule has 20 heavy (non-hydrogen) atoms. The minimum Gasteiger partial charge on any atom is -0.478 e. The molecule has 1 atom stereocenters. The van der Waals surface area contributed by atoms with Crippen molar-refractivity contribution in [3.8, 4) is 5.75 Å². The zero-order chi connectivity index (χ0) is 15.3. The van der Waals surface area contributed by atoms with Crippen LogP contribution >= 0.6 is 0 Å². The fourth-order valence-corrected chi connectivity index (χ4v) is 1.50. The van der Waals surface area contributed by atoms with Crippen LogP contribution in [0.2, 0.25) is 0 Å². The van der Waals surface area contributed by atoms with Crippen molar-refractivity contribution in [2.75, 3.05) is 6.61 Å². The Balaban J connectivity index is 3.03. The molecular weight excluding hydrogens is 277 g/mol. The zero-order valence-electron chi connectivity index (χ0n) is 11.0. The Kier molecular flexibility index (Phi) is 5.38. The Morgan fingerprint density at radius 1 is 1.40 bits per heavy atom. The lowest BCUT2D eigenvalue weighted by atomic mass is 10.1. The maximum atomic E-state index is 12.9. The number of alkyl halides is 3. The number of esters is 1. The Morgan fingerprint density at radius 3 is 2.55 bits per heavy atom. The molecule has 4 nitrogen and oxygen atoms in total. The molecule has 0 aliphatic rings. The van der Waals surface area contributed by atoms with Gasteiger partial charge in [-0.3, -0.25) is 0 Å². The van der Waals surface area contributed by atoms with Gasteiger partial charge in [-0.25, -0.2) is 4.79 Å². The first-order valence-electron chi connectivity index (χ1n) is 5.93. The zero-order valence-corrected chi connectivity index (χ0v) is 11.0. The Labute approximate surface area is 114 Å². The molecule has 1 aromatic rings. The van der Waals surface area contributed by atoms with Crippen molar-refractivity contribution in [1.82, 2.24) is 0 Å². The van der Waals surface area contributed by atoms with Crippen LogP contribution in [0.25, 0.3) is 0 Å². The molecule has 0 aliphatic carbocycles. The molecule has 7 heteroatoms. The van der Waals surface area contributed by atoms with Crippen LogP contribution in [0, 0.1) is 0 Å². The third kappa shape index (κ3) is 4.12. The van der Waals surface area contributed by atoms with Gasteiger partial charge in [0.15, 0.2) is 6.10 Å². The van der Waals surface area contributed by atoms with Crippen molar-refractivity contribution in [3.05, 3.63) is 29.3 Å². The van der Waals surface area contributed by atoms with Gasteiger partial charge in [-0.05, 0) is 31.5 Å². The molecule has 0 heterocycles. The maximum Gasteiger partial charge on any atom is 0.419 e. The van der Waals surface area contributed by atoms with Crippen LogP contribution in [0.1, 0.15) is 25.0 Å². The molecule has 0 aromatic heterocycles. The van der Waals surface area contributed by atoms with Crippen LogP contribution in [-0.4, -0.2) is 23.8 Å². The number of carbonyl (C=O) groups is 1. The number of aliphatic hydroxyl groups is 1. The summed E-state index contributed by atoms with van der Waals surface area (Å²) in [7, 11) is 0. The highest BCUT2D eigenvalue weighted by molar-refractivity contribution is 5.74. The largest absolute Gasteiger partial charge is 0.478 e. The van der Waals surface area contributed by atoms with Gasteiger partial charge in [-0.1, -0.05) is 6.07 Å². The molecule has 0 saturated carbocycles. The molecule has 0 spiro atoms. The molecule has 1 aromatic carbocycles. The number of hydrogen-bond donors (Lipinski definition) is 1. The van der Waals surface area contributed by atoms with Gasteiger partial charge < -0.3 is 14.6 Å². The second-order valence-corrected chi connectivity index (χ2v) is 4.00. The highest BCUT2D eigenvalue weighted by Crippen LogP contribution is 2.37. The summed E-state index contributed by atoms with van der Waals surface area (Å²) in [6.07, 6.45) is -5.80. The second-order valence-electron chi connectivity index (χ2n) is 4.00. The fourth-order valence-electron chi connectivity index (χ4n) is 1.50. The summed E-state index contributed by atoms with van der Waals surface area (Å²) in [4.78, 5) is 11.4. The van der Waals surface area contributed by atoms with Gasteiger partial charge >= 0.3 is 12.1 Å². The van der Waals surface area contributed by atoms with Gasteiger partial charge in [0.25, 0.3) is 0 Å². The maximum absolute atomic E-state index is 12.9. The van der Waals surface area contributed by atoms with Gasteiger partial charge in [0.05, 0.1) is 18.8 Å². The van der Waals surface area contributed by atoms with E-state index in [0.717, 1.165) is 12.1 Å². The molecule has 0 bridgehead atoms. The van der Waals surface area contributed by atoms with E-state index in [2.05, 4.69) is 4.74 Å². The van der Waals surface area contributed by atoms with Gasteiger partial charge in [-0.2, -0.15) is 13.2 Å². The Hall–Kier alpha value is -1.76. The summed E-state index contributed by atoms with van der Waals surface area (Å²) >= 11 is 0. The molecule has 1 N–H and O–H groups in total. The fraction of sp³-hybridized carbons (Fsp3) is 0.462. The molecule has 112 valence electrons. The van der Waals surface area contributed by atoms with Gasteiger partial charge in [-0.15, -0.1) is 0 Å². The summed E-state index contributed by atoms with van der Waals surface area (Å²) in [5.74, 6) is -1.22. The quantitative estimate of drug-likeness (QED) is 0.847. The predicted molar refractivity (Wildman–Crippen MR) is 64.1 cm³/mol. The van der Waals surface area contributed by atoms with E-state index in [1.165, 1.54) is 13.0 Å². The molecule has 0 radical (unpaired) electrons. The van der Waals surface area contributed by atoms with Crippen molar-refractivity contribution < 1.29 is 32.5 Å². The van der Waals surface area contributed by atoms with E-state index in [4.69, 9.17) is 9.84 Å². The summed E-state index contributed by atoms with van der Waals surface area (Å²) in [6, 6.07) is 3.15. The lowest BCUT2D eigenvalue weighted by Gasteiger charge is -2.18. The first-order valence-corrected chi connectivity index (χ1v) is 5.93. The summed E-state index contributed by atoms with van der Waals surface area (Å²) < 4.78 is 48.3. The third-order valence-corrected chi connectivity index (χ3v) is 2.45. The highest BCUT2D eigenvalue weighted by Gasteiger charge is 2.35.